The Kier molecular flexibility index (Phi) is 3.56. The van der Waals surface area contributed by atoms with E-state index in [0.29, 0.717) is 5.92 Å². The molecule has 0 aromatic heterocycles. The molecule has 1 aliphatic heterocycles. The summed E-state index contributed by atoms with van der Waals surface area (Å²) < 4.78 is 12.9. The number of hydrogen-bond acceptors (Lipinski definition) is 2. The normalized spacial score (nSPS) is 21.6. The minimum atomic E-state index is -0.170. The van der Waals surface area contributed by atoms with Gasteiger partial charge in [0, 0.05) is 19.7 Å². The summed E-state index contributed by atoms with van der Waals surface area (Å²) in [6.07, 6.45) is 1.07. The second kappa shape index (κ2) is 4.93. The van der Waals surface area contributed by atoms with Gasteiger partial charge in [0.25, 0.3) is 0 Å². The summed E-state index contributed by atoms with van der Waals surface area (Å²) >= 11 is 0. The van der Waals surface area contributed by atoms with E-state index in [1.54, 1.807) is 6.07 Å². The van der Waals surface area contributed by atoms with Gasteiger partial charge >= 0.3 is 0 Å². The molecule has 3 heteroatoms. The fraction of sp³-hybridized carbons (Fsp3) is 0.538. The van der Waals surface area contributed by atoms with Crippen molar-refractivity contribution in [3.63, 3.8) is 0 Å². The lowest BCUT2D eigenvalue weighted by atomic mass is 10.1. The number of aliphatic hydroxyl groups is 1. The van der Waals surface area contributed by atoms with Gasteiger partial charge in [-0.2, -0.15) is 0 Å². The summed E-state index contributed by atoms with van der Waals surface area (Å²) in [5, 5.41) is 9.06. The third kappa shape index (κ3) is 2.60. The molecule has 1 aromatic rings. The van der Waals surface area contributed by atoms with Gasteiger partial charge in [0.15, 0.2) is 0 Å². The maximum atomic E-state index is 12.9. The van der Waals surface area contributed by atoms with E-state index < -0.39 is 0 Å². The highest BCUT2D eigenvalue weighted by Gasteiger charge is 2.21. The Morgan fingerprint density at radius 2 is 2.31 bits per heavy atom. The first-order valence-corrected chi connectivity index (χ1v) is 5.77. The largest absolute Gasteiger partial charge is 0.396 e. The minimum Gasteiger partial charge on any atom is -0.396 e. The van der Waals surface area contributed by atoms with Crippen molar-refractivity contribution in [2.75, 3.05) is 19.7 Å². The first-order valence-electron chi connectivity index (χ1n) is 5.77. The van der Waals surface area contributed by atoms with E-state index in [9.17, 15) is 4.39 Å². The third-order valence-electron chi connectivity index (χ3n) is 3.33. The summed E-state index contributed by atoms with van der Waals surface area (Å²) in [7, 11) is 0. The van der Waals surface area contributed by atoms with Crippen LogP contribution >= 0.6 is 0 Å². The van der Waals surface area contributed by atoms with Crippen molar-refractivity contribution in [2.24, 2.45) is 5.92 Å². The third-order valence-corrected chi connectivity index (χ3v) is 3.33. The van der Waals surface area contributed by atoms with E-state index in [0.717, 1.165) is 31.6 Å². The van der Waals surface area contributed by atoms with Crippen molar-refractivity contribution >= 4 is 0 Å². The number of aliphatic hydroxyl groups excluding tert-OH is 1. The van der Waals surface area contributed by atoms with Gasteiger partial charge in [0.2, 0.25) is 0 Å². The highest BCUT2D eigenvalue weighted by molar-refractivity contribution is 5.26. The molecule has 1 fully saturated rings. The number of rotatable bonds is 3. The molecule has 88 valence electrons. The molecule has 0 aliphatic carbocycles. The predicted molar refractivity (Wildman–Crippen MR) is 61.6 cm³/mol. The first kappa shape index (κ1) is 11.6. The van der Waals surface area contributed by atoms with Gasteiger partial charge in [0.05, 0.1) is 0 Å². The molecule has 0 bridgehead atoms. The van der Waals surface area contributed by atoms with Crippen LogP contribution in [0.15, 0.2) is 18.2 Å². The van der Waals surface area contributed by atoms with Crippen molar-refractivity contribution in [1.82, 2.24) is 4.90 Å². The topological polar surface area (TPSA) is 23.5 Å². The van der Waals surface area contributed by atoms with Gasteiger partial charge in [-0.1, -0.05) is 6.07 Å². The lowest BCUT2D eigenvalue weighted by Gasteiger charge is -2.17. The van der Waals surface area contributed by atoms with Crippen LogP contribution in [0.4, 0.5) is 4.39 Å². The Labute approximate surface area is 95.7 Å². The summed E-state index contributed by atoms with van der Waals surface area (Å²) in [5.41, 5.74) is 2.19. The summed E-state index contributed by atoms with van der Waals surface area (Å²) in [6.45, 7) is 5.06. The molecule has 1 aliphatic rings. The molecule has 1 saturated heterocycles. The van der Waals surface area contributed by atoms with E-state index in [-0.39, 0.29) is 12.4 Å². The fourth-order valence-corrected chi connectivity index (χ4v) is 2.28. The molecule has 1 heterocycles. The van der Waals surface area contributed by atoms with E-state index in [4.69, 9.17) is 5.11 Å². The smallest absolute Gasteiger partial charge is 0.123 e. The van der Waals surface area contributed by atoms with Crippen LogP contribution in [0, 0.1) is 18.7 Å². The zero-order valence-corrected chi connectivity index (χ0v) is 9.62. The minimum absolute atomic E-state index is 0.170. The molecule has 1 atom stereocenters. The molecule has 1 unspecified atom stereocenters. The van der Waals surface area contributed by atoms with E-state index >= 15 is 0 Å². The monoisotopic (exact) mass is 223 g/mol. The predicted octanol–water partition coefficient (Wildman–Crippen LogP) is 1.95. The first-order chi connectivity index (χ1) is 7.69. The van der Waals surface area contributed by atoms with E-state index in [1.165, 1.54) is 11.6 Å². The standard InChI is InChI=1S/C13H18FNO/c1-10-6-13(14)3-2-12(10)8-15-5-4-11(7-15)9-16/h2-3,6,11,16H,4-5,7-9H2,1H3. The second-order valence-corrected chi connectivity index (χ2v) is 4.64. The second-order valence-electron chi connectivity index (χ2n) is 4.64. The summed E-state index contributed by atoms with van der Waals surface area (Å²) in [4.78, 5) is 2.32. The van der Waals surface area contributed by atoms with Gasteiger partial charge in [-0.25, -0.2) is 4.39 Å². The van der Waals surface area contributed by atoms with Crippen LogP contribution in [-0.2, 0) is 6.54 Å². The SMILES string of the molecule is Cc1cc(F)ccc1CN1CCC(CO)C1. The number of aryl methyl sites for hydroxylation is 1. The zero-order chi connectivity index (χ0) is 11.5. The van der Waals surface area contributed by atoms with Crippen molar-refractivity contribution < 1.29 is 9.50 Å². The Morgan fingerprint density at radius 3 is 2.94 bits per heavy atom. The quantitative estimate of drug-likeness (QED) is 0.846. The van der Waals surface area contributed by atoms with Crippen LogP contribution in [0.2, 0.25) is 0 Å². The lowest BCUT2D eigenvalue weighted by Crippen LogP contribution is -2.21. The van der Waals surface area contributed by atoms with Crippen molar-refractivity contribution in [1.29, 1.82) is 0 Å². The van der Waals surface area contributed by atoms with Crippen LogP contribution in [-0.4, -0.2) is 29.7 Å². The summed E-state index contributed by atoms with van der Waals surface area (Å²) in [5.74, 6) is 0.247. The Balaban J connectivity index is 1.99. The Morgan fingerprint density at radius 1 is 1.50 bits per heavy atom. The lowest BCUT2D eigenvalue weighted by molar-refractivity contribution is 0.220. The fourth-order valence-electron chi connectivity index (χ4n) is 2.28. The van der Waals surface area contributed by atoms with Crippen LogP contribution in [0.3, 0.4) is 0 Å². The van der Waals surface area contributed by atoms with Crippen molar-refractivity contribution in [3.05, 3.63) is 35.1 Å². The van der Waals surface area contributed by atoms with E-state index in [2.05, 4.69) is 4.90 Å². The highest BCUT2D eigenvalue weighted by Crippen LogP contribution is 2.19. The average molecular weight is 223 g/mol. The van der Waals surface area contributed by atoms with Gasteiger partial charge in [0.1, 0.15) is 5.82 Å². The van der Waals surface area contributed by atoms with Crippen LogP contribution < -0.4 is 0 Å². The number of halogens is 1. The maximum Gasteiger partial charge on any atom is 0.123 e. The van der Waals surface area contributed by atoms with Crippen LogP contribution in [0.1, 0.15) is 17.5 Å². The summed E-state index contributed by atoms with van der Waals surface area (Å²) in [6, 6.07) is 4.95. The Bertz CT molecular complexity index is 367. The number of nitrogens with zero attached hydrogens (tertiary/aromatic N) is 1. The Hall–Kier alpha value is -0.930. The van der Waals surface area contributed by atoms with Crippen LogP contribution in [0.5, 0.6) is 0 Å². The molecule has 1 N–H and O–H groups in total. The molecule has 0 radical (unpaired) electrons. The molecule has 2 nitrogen and oxygen atoms in total. The molecule has 0 spiro atoms. The molecule has 16 heavy (non-hydrogen) atoms. The maximum absolute atomic E-state index is 12.9. The van der Waals surface area contributed by atoms with Crippen LogP contribution in [0.25, 0.3) is 0 Å². The zero-order valence-electron chi connectivity index (χ0n) is 9.62. The molecule has 2 rings (SSSR count). The van der Waals surface area contributed by atoms with Crippen molar-refractivity contribution in [3.8, 4) is 0 Å². The van der Waals surface area contributed by atoms with Gasteiger partial charge in [-0.05, 0) is 49.1 Å². The number of likely N-dealkylation sites (tertiary alicyclic amines) is 1. The molecule has 0 saturated carbocycles. The van der Waals surface area contributed by atoms with E-state index in [1.807, 2.05) is 13.0 Å². The highest BCUT2D eigenvalue weighted by atomic mass is 19.1. The van der Waals surface area contributed by atoms with Crippen molar-refractivity contribution in [2.45, 2.75) is 19.9 Å². The molecule has 1 aromatic carbocycles. The number of benzene rings is 1. The molecular weight excluding hydrogens is 205 g/mol. The van der Waals surface area contributed by atoms with Gasteiger partial charge < -0.3 is 5.11 Å². The van der Waals surface area contributed by atoms with Gasteiger partial charge in [-0.3, -0.25) is 4.90 Å². The molecular formula is C13H18FNO. The number of hydrogen-bond donors (Lipinski definition) is 1. The average Bonchev–Trinajstić information content (AvgIpc) is 2.70. The molecule has 0 amide bonds. The van der Waals surface area contributed by atoms with Gasteiger partial charge in [-0.15, -0.1) is 0 Å².